The van der Waals surface area contributed by atoms with Crippen molar-refractivity contribution in [3.05, 3.63) is 24.0 Å². The van der Waals surface area contributed by atoms with Crippen LogP contribution in [0.4, 0.5) is 5.69 Å². The molecule has 1 aromatic rings. The minimum atomic E-state index is -0.0804. The van der Waals surface area contributed by atoms with Crippen molar-refractivity contribution in [2.45, 2.75) is 26.4 Å². The fraction of sp³-hybridized carbons (Fsp3) is 0.571. The second-order valence-corrected chi connectivity index (χ2v) is 4.79. The molecule has 5 nitrogen and oxygen atoms in total. The van der Waals surface area contributed by atoms with Crippen LogP contribution < -0.4 is 10.6 Å². The monoisotopic (exact) mass is 263 g/mol. The van der Waals surface area contributed by atoms with Crippen LogP contribution in [-0.2, 0) is 4.74 Å². The molecule has 0 radical (unpaired) electrons. The van der Waals surface area contributed by atoms with Gasteiger partial charge in [0.2, 0.25) is 0 Å². The first kappa shape index (κ1) is 13.8. The molecule has 1 fully saturated rings. The van der Waals surface area contributed by atoms with Crippen LogP contribution in [0.2, 0.25) is 0 Å². The molecule has 1 saturated heterocycles. The number of amides is 1. The molecule has 19 heavy (non-hydrogen) atoms. The smallest absolute Gasteiger partial charge is 0.254 e. The summed E-state index contributed by atoms with van der Waals surface area (Å²) in [7, 11) is 0. The van der Waals surface area contributed by atoms with Crippen LogP contribution in [0, 0.1) is 5.92 Å². The molecule has 1 aliphatic rings. The summed E-state index contributed by atoms with van der Waals surface area (Å²) in [6.07, 6.45) is 4.51. The van der Waals surface area contributed by atoms with Gasteiger partial charge < -0.3 is 15.4 Å². The number of hydrogen-bond donors (Lipinski definition) is 2. The summed E-state index contributed by atoms with van der Waals surface area (Å²) < 4.78 is 5.49. The minimum absolute atomic E-state index is 0.0804. The summed E-state index contributed by atoms with van der Waals surface area (Å²) in [4.78, 5) is 16.2. The SMILES string of the molecule is CCNc1ccncc1C(=O)NCC1CCOC1C. The molecule has 0 spiro atoms. The molecule has 2 N–H and O–H groups in total. The highest BCUT2D eigenvalue weighted by Gasteiger charge is 2.24. The number of carbonyl (C=O) groups is 1. The Balaban J connectivity index is 1.95. The Morgan fingerprint density at radius 2 is 2.42 bits per heavy atom. The Kier molecular flexibility index (Phi) is 4.74. The number of anilines is 1. The first-order valence-corrected chi connectivity index (χ1v) is 6.80. The summed E-state index contributed by atoms with van der Waals surface area (Å²) >= 11 is 0. The highest BCUT2D eigenvalue weighted by Crippen LogP contribution is 2.20. The molecular weight excluding hydrogens is 242 g/mol. The largest absolute Gasteiger partial charge is 0.385 e. The number of nitrogens with one attached hydrogen (secondary N) is 2. The van der Waals surface area contributed by atoms with Gasteiger partial charge in [-0.15, -0.1) is 0 Å². The Morgan fingerprint density at radius 3 is 3.11 bits per heavy atom. The number of rotatable bonds is 5. The molecule has 2 heterocycles. The molecule has 2 rings (SSSR count). The van der Waals surface area contributed by atoms with Crippen LogP contribution in [0.5, 0.6) is 0 Å². The van der Waals surface area contributed by atoms with Crippen molar-refractivity contribution in [3.8, 4) is 0 Å². The van der Waals surface area contributed by atoms with E-state index in [9.17, 15) is 4.79 Å². The van der Waals surface area contributed by atoms with Crippen molar-refractivity contribution < 1.29 is 9.53 Å². The number of nitrogens with zero attached hydrogens (tertiary/aromatic N) is 1. The first-order chi connectivity index (χ1) is 9.22. The maximum Gasteiger partial charge on any atom is 0.254 e. The lowest BCUT2D eigenvalue weighted by molar-refractivity contribution is 0.0908. The van der Waals surface area contributed by atoms with Gasteiger partial charge >= 0.3 is 0 Å². The van der Waals surface area contributed by atoms with Crippen molar-refractivity contribution in [1.82, 2.24) is 10.3 Å². The van der Waals surface area contributed by atoms with E-state index in [2.05, 4.69) is 22.5 Å². The molecule has 1 aliphatic heterocycles. The fourth-order valence-electron chi connectivity index (χ4n) is 2.28. The Labute approximate surface area is 113 Å². The molecule has 2 atom stereocenters. The highest BCUT2D eigenvalue weighted by molar-refractivity contribution is 5.99. The quantitative estimate of drug-likeness (QED) is 0.848. The lowest BCUT2D eigenvalue weighted by Crippen LogP contribution is -2.32. The molecule has 1 aromatic heterocycles. The van der Waals surface area contributed by atoms with Gasteiger partial charge in [0.15, 0.2) is 0 Å². The number of hydrogen-bond acceptors (Lipinski definition) is 4. The number of aromatic nitrogens is 1. The van der Waals surface area contributed by atoms with Crippen LogP contribution in [-0.4, -0.2) is 36.7 Å². The van der Waals surface area contributed by atoms with Gasteiger partial charge in [0, 0.05) is 38.0 Å². The second kappa shape index (κ2) is 6.52. The zero-order chi connectivity index (χ0) is 13.7. The average Bonchev–Trinajstić information content (AvgIpc) is 2.82. The molecule has 5 heteroatoms. The van der Waals surface area contributed by atoms with Crippen molar-refractivity contribution in [1.29, 1.82) is 0 Å². The summed E-state index contributed by atoms with van der Waals surface area (Å²) in [5.74, 6) is 0.325. The van der Waals surface area contributed by atoms with E-state index >= 15 is 0 Å². The second-order valence-electron chi connectivity index (χ2n) is 4.79. The van der Waals surface area contributed by atoms with Crippen LogP contribution in [0.1, 0.15) is 30.6 Å². The van der Waals surface area contributed by atoms with Crippen molar-refractivity contribution in [3.63, 3.8) is 0 Å². The number of ether oxygens (including phenoxy) is 1. The third-order valence-electron chi connectivity index (χ3n) is 3.49. The topological polar surface area (TPSA) is 63.2 Å². The van der Waals surface area contributed by atoms with Gasteiger partial charge in [-0.05, 0) is 26.3 Å². The van der Waals surface area contributed by atoms with E-state index in [0.29, 0.717) is 18.0 Å². The van der Waals surface area contributed by atoms with Crippen molar-refractivity contribution in [2.75, 3.05) is 25.0 Å². The number of carbonyl (C=O) groups excluding carboxylic acids is 1. The zero-order valence-corrected chi connectivity index (χ0v) is 11.5. The normalized spacial score (nSPS) is 22.2. The Hall–Kier alpha value is -1.62. The van der Waals surface area contributed by atoms with E-state index in [1.807, 2.05) is 13.0 Å². The van der Waals surface area contributed by atoms with E-state index in [1.54, 1.807) is 12.4 Å². The van der Waals surface area contributed by atoms with Crippen LogP contribution >= 0.6 is 0 Å². The first-order valence-electron chi connectivity index (χ1n) is 6.80. The highest BCUT2D eigenvalue weighted by atomic mass is 16.5. The molecule has 1 amide bonds. The third kappa shape index (κ3) is 3.44. The lowest BCUT2D eigenvalue weighted by Gasteiger charge is -2.15. The summed E-state index contributed by atoms with van der Waals surface area (Å²) in [5.41, 5.74) is 1.42. The minimum Gasteiger partial charge on any atom is -0.385 e. The third-order valence-corrected chi connectivity index (χ3v) is 3.49. The molecule has 0 aliphatic carbocycles. The van der Waals surface area contributed by atoms with E-state index in [4.69, 9.17) is 4.74 Å². The Bertz CT molecular complexity index is 436. The van der Waals surface area contributed by atoms with Gasteiger partial charge in [-0.3, -0.25) is 9.78 Å². The van der Waals surface area contributed by atoms with Gasteiger partial charge in [0.05, 0.1) is 17.4 Å². The summed E-state index contributed by atoms with van der Waals surface area (Å²) in [6, 6.07) is 1.82. The van der Waals surface area contributed by atoms with Crippen molar-refractivity contribution >= 4 is 11.6 Å². The van der Waals surface area contributed by atoms with Crippen molar-refractivity contribution in [2.24, 2.45) is 5.92 Å². The predicted molar refractivity (Wildman–Crippen MR) is 74.3 cm³/mol. The van der Waals surface area contributed by atoms with Crippen LogP contribution in [0.25, 0.3) is 0 Å². The lowest BCUT2D eigenvalue weighted by atomic mass is 10.0. The molecular formula is C14H21N3O2. The van der Waals surface area contributed by atoms with E-state index in [-0.39, 0.29) is 12.0 Å². The van der Waals surface area contributed by atoms with Gasteiger partial charge in [-0.25, -0.2) is 0 Å². The van der Waals surface area contributed by atoms with E-state index in [1.165, 1.54) is 0 Å². The fourth-order valence-corrected chi connectivity index (χ4v) is 2.28. The van der Waals surface area contributed by atoms with Gasteiger partial charge in [0.1, 0.15) is 0 Å². The molecule has 104 valence electrons. The van der Waals surface area contributed by atoms with E-state index < -0.39 is 0 Å². The van der Waals surface area contributed by atoms with Crippen LogP contribution in [0.15, 0.2) is 18.5 Å². The Morgan fingerprint density at radius 1 is 1.58 bits per heavy atom. The standard InChI is InChI=1S/C14H21N3O2/c1-3-16-13-4-6-15-9-12(13)14(18)17-8-11-5-7-19-10(11)2/h4,6,9-11H,3,5,7-8H2,1-2H3,(H,15,16)(H,17,18). The zero-order valence-electron chi connectivity index (χ0n) is 11.5. The summed E-state index contributed by atoms with van der Waals surface area (Å²) in [6.45, 7) is 6.27. The van der Waals surface area contributed by atoms with E-state index in [0.717, 1.165) is 25.3 Å². The molecule has 0 bridgehead atoms. The number of pyridine rings is 1. The van der Waals surface area contributed by atoms with Gasteiger partial charge in [-0.2, -0.15) is 0 Å². The maximum absolute atomic E-state index is 12.2. The molecule has 2 unspecified atom stereocenters. The van der Waals surface area contributed by atoms with Gasteiger partial charge in [0.25, 0.3) is 5.91 Å². The molecule has 0 saturated carbocycles. The van der Waals surface area contributed by atoms with Crippen LogP contribution in [0.3, 0.4) is 0 Å². The van der Waals surface area contributed by atoms with Gasteiger partial charge in [-0.1, -0.05) is 0 Å². The summed E-state index contributed by atoms with van der Waals surface area (Å²) in [5, 5.41) is 6.14. The maximum atomic E-state index is 12.2. The average molecular weight is 263 g/mol. The predicted octanol–water partition coefficient (Wildman–Crippen LogP) is 1.67. The molecule has 0 aromatic carbocycles.